The van der Waals surface area contributed by atoms with Gasteiger partial charge in [-0.2, -0.15) is 0 Å². The highest BCUT2D eigenvalue weighted by atomic mass is 14.7. The first-order valence-electron chi connectivity index (χ1n) is 4.82. The molecule has 0 radical (unpaired) electrons. The van der Waals surface area contributed by atoms with E-state index < -0.39 is 0 Å². The smallest absolute Gasteiger partial charge is 0.0485 e. The van der Waals surface area contributed by atoms with Gasteiger partial charge in [0.1, 0.15) is 0 Å². The van der Waals surface area contributed by atoms with Crippen molar-refractivity contribution in [3.05, 3.63) is 35.5 Å². The zero-order valence-corrected chi connectivity index (χ0v) is 8.81. The van der Waals surface area contributed by atoms with Crippen LogP contribution in [0.4, 0.5) is 0 Å². The minimum Gasteiger partial charge on any atom is -0.358 e. The van der Waals surface area contributed by atoms with Crippen LogP contribution in [0.2, 0.25) is 0 Å². The van der Waals surface area contributed by atoms with E-state index in [0.29, 0.717) is 0 Å². The molecule has 70 valence electrons. The van der Waals surface area contributed by atoms with Crippen LogP contribution in [0, 0.1) is 13.8 Å². The van der Waals surface area contributed by atoms with Crippen molar-refractivity contribution in [3.8, 4) is 0 Å². The molecule has 0 saturated carbocycles. The molecule has 1 aromatic carbocycles. The van der Waals surface area contributed by atoms with Crippen molar-refractivity contribution in [2.24, 2.45) is 0 Å². The van der Waals surface area contributed by atoms with Gasteiger partial charge in [-0.1, -0.05) is 32.0 Å². The van der Waals surface area contributed by atoms with E-state index in [1.54, 1.807) is 0 Å². The fourth-order valence-electron chi connectivity index (χ4n) is 1.45. The van der Waals surface area contributed by atoms with Crippen molar-refractivity contribution < 1.29 is 0 Å². The largest absolute Gasteiger partial charge is 0.358 e. The van der Waals surface area contributed by atoms with Gasteiger partial charge in [0.2, 0.25) is 0 Å². The first-order valence-corrected chi connectivity index (χ1v) is 4.82. The van der Waals surface area contributed by atoms with E-state index in [-0.39, 0.29) is 0 Å². The van der Waals surface area contributed by atoms with Gasteiger partial charge in [0.05, 0.1) is 0 Å². The van der Waals surface area contributed by atoms with Crippen LogP contribution >= 0.6 is 0 Å². The van der Waals surface area contributed by atoms with Crippen molar-refractivity contribution >= 4 is 10.9 Å². The number of H-pyrrole nitrogens is 1. The van der Waals surface area contributed by atoms with Crippen LogP contribution in [-0.4, -0.2) is 4.98 Å². The second-order valence-corrected chi connectivity index (χ2v) is 2.99. The number of aryl methyl sites for hydroxylation is 2. The van der Waals surface area contributed by atoms with E-state index in [1.165, 1.54) is 22.2 Å². The van der Waals surface area contributed by atoms with Crippen LogP contribution in [0.1, 0.15) is 25.1 Å². The second kappa shape index (κ2) is 4.13. The highest BCUT2D eigenvalue weighted by molar-refractivity contribution is 5.83. The molecule has 0 unspecified atom stereocenters. The van der Waals surface area contributed by atoms with Crippen molar-refractivity contribution in [2.75, 3.05) is 0 Å². The molecule has 1 nitrogen and oxygen atoms in total. The number of rotatable bonds is 0. The quantitative estimate of drug-likeness (QED) is 0.626. The number of benzene rings is 1. The highest BCUT2D eigenvalue weighted by Gasteiger charge is 1.97. The van der Waals surface area contributed by atoms with E-state index >= 15 is 0 Å². The summed E-state index contributed by atoms with van der Waals surface area (Å²) in [5.74, 6) is 0. The maximum atomic E-state index is 3.33. The average Bonchev–Trinajstić information content (AvgIpc) is 2.51. The number of nitrogens with one attached hydrogen (secondary N) is 1. The van der Waals surface area contributed by atoms with Gasteiger partial charge >= 0.3 is 0 Å². The summed E-state index contributed by atoms with van der Waals surface area (Å²) in [6, 6.07) is 8.51. The molecular formula is C12H17N. The molecular weight excluding hydrogens is 158 g/mol. The predicted molar refractivity (Wildman–Crippen MR) is 59.1 cm³/mol. The van der Waals surface area contributed by atoms with Crippen molar-refractivity contribution in [1.29, 1.82) is 0 Å². The Morgan fingerprint density at radius 1 is 1.08 bits per heavy atom. The van der Waals surface area contributed by atoms with Crippen molar-refractivity contribution in [2.45, 2.75) is 27.7 Å². The van der Waals surface area contributed by atoms with Crippen LogP contribution in [-0.2, 0) is 0 Å². The Balaban J connectivity index is 0.000000396. The molecule has 0 fully saturated rings. The lowest BCUT2D eigenvalue weighted by Crippen LogP contribution is -1.74. The Morgan fingerprint density at radius 2 is 1.77 bits per heavy atom. The van der Waals surface area contributed by atoms with E-state index in [2.05, 4.69) is 43.1 Å². The fraction of sp³-hybridized carbons (Fsp3) is 0.333. The molecule has 1 N–H and O–H groups in total. The molecule has 0 atom stereocenters. The van der Waals surface area contributed by atoms with Crippen LogP contribution in [0.15, 0.2) is 24.3 Å². The molecule has 0 aliphatic carbocycles. The van der Waals surface area contributed by atoms with Crippen molar-refractivity contribution in [1.82, 2.24) is 4.98 Å². The van der Waals surface area contributed by atoms with E-state index in [1.807, 2.05) is 13.8 Å². The molecule has 0 spiro atoms. The first kappa shape index (κ1) is 9.85. The summed E-state index contributed by atoms with van der Waals surface area (Å²) in [6.45, 7) is 8.21. The van der Waals surface area contributed by atoms with Gasteiger partial charge in [-0.05, 0) is 30.9 Å². The van der Waals surface area contributed by atoms with Gasteiger partial charge in [-0.3, -0.25) is 0 Å². The monoisotopic (exact) mass is 175 g/mol. The van der Waals surface area contributed by atoms with Gasteiger partial charge < -0.3 is 4.98 Å². The molecule has 2 rings (SSSR count). The lowest BCUT2D eigenvalue weighted by molar-refractivity contribution is 1.29. The Hall–Kier alpha value is -1.24. The summed E-state index contributed by atoms with van der Waals surface area (Å²) in [5.41, 5.74) is 3.81. The van der Waals surface area contributed by atoms with Gasteiger partial charge in [-0.15, -0.1) is 0 Å². The zero-order valence-electron chi connectivity index (χ0n) is 8.81. The van der Waals surface area contributed by atoms with E-state index in [4.69, 9.17) is 0 Å². The molecule has 1 heteroatoms. The fourth-order valence-corrected chi connectivity index (χ4v) is 1.45. The Kier molecular flexibility index (Phi) is 3.13. The Morgan fingerprint density at radius 3 is 2.38 bits per heavy atom. The molecule has 1 aromatic heterocycles. The SMILES string of the molecule is CC.Cc1cc2cccc(C)c2[nH]1. The van der Waals surface area contributed by atoms with E-state index in [0.717, 1.165) is 0 Å². The number of hydrogen-bond donors (Lipinski definition) is 1. The second-order valence-electron chi connectivity index (χ2n) is 2.99. The predicted octanol–water partition coefficient (Wildman–Crippen LogP) is 3.81. The van der Waals surface area contributed by atoms with Crippen LogP contribution < -0.4 is 0 Å². The van der Waals surface area contributed by atoms with E-state index in [9.17, 15) is 0 Å². The zero-order chi connectivity index (χ0) is 9.84. The molecule has 0 aliphatic rings. The maximum Gasteiger partial charge on any atom is 0.0485 e. The Bertz CT molecular complexity index is 385. The minimum absolute atomic E-state index is 1.23. The molecule has 0 bridgehead atoms. The molecule has 2 aromatic rings. The standard InChI is InChI=1S/C10H11N.C2H6/c1-7-4-3-5-9-6-8(2)11-10(7)9;1-2/h3-6,11H,1-2H3;1-2H3. The number of fused-ring (bicyclic) bond motifs is 1. The molecule has 13 heavy (non-hydrogen) atoms. The van der Waals surface area contributed by atoms with Crippen LogP contribution in [0.3, 0.4) is 0 Å². The third kappa shape index (κ3) is 1.92. The normalized spacial score (nSPS) is 9.54. The lowest BCUT2D eigenvalue weighted by atomic mass is 10.2. The van der Waals surface area contributed by atoms with Gasteiger partial charge in [-0.25, -0.2) is 0 Å². The van der Waals surface area contributed by atoms with Crippen molar-refractivity contribution in [3.63, 3.8) is 0 Å². The number of aromatic amines is 1. The molecule has 0 aliphatic heterocycles. The van der Waals surface area contributed by atoms with Crippen LogP contribution in [0.5, 0.6) is 0 Å². The van der Waals surface area contributed by atoms with Crippen LogP contribution in [0.25, 0.3) is 10.9 Å². The minimum atomic E-state index is 1.23. The first-order chi connectivity index (χ1) is 6.27. The lowest BCUT2D eigenvalue weighted by Gasteiger charge is -1.92. The molecule has 1 heterocycles. The summed E-state index contributed by atoms with van der Waals surface area (Å²) >= 11 is 0. The highest BCUT2D eigenvalue weighted by Crippen LogP contribution is 2.17. The summed E-state index contributed by atoms with van der Waals surface area (Å²) in [4.78, 5) is 3.33. The van der Waals surface area contributed by atoms with Gasteiger partial charge in [0, 0.05) is 11.2 Å². The average molecular weight is 175 g/mol. The Labute approximate surface area is 79.8 Å². The van der Waals surface area contributed by atoms with Gasteiger partial charge in [0.25, 0.3) is 0 Å². The van der Waals surface area contributed by atoms with Gasteiger partial charge in [0.15, 0.2) is 0 Å². The summed E-state index contributed by atoms with van der Waals surface area (Å²) in [7, 11) is 0. The number of hydrogen-bond acceptors (Lipinski definition) is 0. The number of aromatic nitrogens is 1. The summed E-state index contributed by atoms with van der Waals surface area (Å²) in [6.07, 6.45) is 0. The maximum absolute atomic E-state index is 3.33. The summed E-state index contributed by atoms with van der Waals surface area (Å²) in [5, 5.41) is 1.31. The number of para-hydroxylation sites is 1. The summed E-state index contributed by atoms with van der Waals surface area (Å²) < 4.78 is 0. The third-order valence-corrected chi connectivity index (χ3v) is 2.00. The topological polar surface area (TPSA) is 15.8 Å². The third-order valence-electron chi connectivity index (χ3n) is 2.00. The molecule has 0 saturated heterocycles. The molecule has 0 amide bonds.